The Labute approximate surface area is 344 Å². The zero-order chi connectivity index (χ0) is 40.1. The van der Waals surface area contributed by atoms with E-state index in [9.17, 15) is 9.59 Å². The number of halogens is 2. The third-order valence-corrected chi connectivity index (χ3v) is 32.8. The summed E-state index contributed by atoms with van der Waals surface area (Å²) in [5.41, 5.74) is 14.3. The molecular formula is C48H58BCl2N2O2Zr. The van der Waals surface area contributed by atoms with E-state index in [1.165, 1.54) is 44.5 Å². The predicted molar refractivity (Wildman–Crippen MR) is 237 cm³/mol. The number of aryl methyl sites for hydroxylation is 2. The van der Waals surface area contributed by atoms with Gasteiger partial charge in [0.05, 0.1) is 0 Å². The second kappa shape index (κ2) is 18.2. The van der Waals surface area contributed by atoms with E-state index in [0.717, 1.165) is 73.6 Å². The number of rotatable bonds is 19. The van der Waals surface area contributed by atoms with Gasteiger partial charge < -0.3 is 0 Å². The Morgan fingerprint density at radius 3 is 1.38 bits per heavy atom. The number of amides is 2. The molecule has 2 N–H and O–H groups in total. The van der Waals surface area contributed by atoms with Crippen LogP contribution in [0.5, 0.6) is 0 Å². The number of allylic oxidation sites excluding steroid dienone is 2. The molecule has 4 atom stereocenters. The SMILES string of the molecule is CCCCc1ccccc1-c1cccc2c1C=C(C(C)CC)[CH]2[Zr]([Cl])([Cl])([B](NC=O)NC=O)[CH]1C(C(C)CC)=Cc2c(-c3ccccc3CCCC)cccc21. The van der Waals surface area contributed by atoms with Crippen LogP contribution in [0.15, 0.2) is 96.1 Å². The van der Waals surface area contributed by atoms with Gasteiger partial charge in [-0.25, -0.2) is 0 Å². The molecule has 6 rings (SSSR count). The molecule has 0 spiro atoms. The van der Waals surface area contributed by atoms with Crippen molar-refractivity contribution in [1.29, 1.82) is 0 Å². The molecule has 0 aliphatic heterocycles. The van der Waals surface area contributed by atoms with E-state index in [1.807, 2.05) is 0 Å². The van der Waals surface area contributed by atoms with Gasteiger partial charge in [0.15, 0.2) is 0 Å². The first kappa shape index (κ1) is 42.4. The summed E-state index contributed by atoms with van der Waals surface area (Å²) in [5.74, 6) is 0.283. The quantitative estimate of drug-likeness (QED) is 0.0729. The van der Waals surface area contributed by atoms with Crippen LogP contribution in [0, 0.1) is 11.8 Å². The van der Waals surface area contributed by atoms with Gasteiger partial charge in [-0.2, -0.15) is 0 Å². The molecule has 2 aliphatic carbocycles. The van der Waals surface area contributed by atoms with Crippen molar-refractivity contribution < 1.29 is 25.8 Å². The van der Waals surface area contributed by atoms with Crippen LogP contribution in [0.25, 0.3) is 34.4 Å². The minimum absolute atomic E-state index is 0.141. The molecule has 2 amide bonds. The van der Waals surface area contributed by atoms with Gasteiger partial charge in [0.1, 0.15) is 0 Å². The van der Waals surface area contributed by atoms with Crippen molar-refractivity contribution in [1.82, 2.24) is 10.5 Å². The predicted octanol–water partition coefficient (Wildman–Crippen LogP) is 12.8. The summed E-state index contributed by atoms with van der Waals surface area (Å²) in [6.45, 7) is 13.4. The van der Waals surface area contributed by atoms with Crippen molar-refractivity contribution >= 4 is 46.5 Å². The van der Waals surface area contributed by atoms with Crippen LogP contribution in [0.3, 0.4) is 0 Å². The molecule has 0 aromatic heterocycles. The molecule has 293 valence electrons. The van der Waals surface area contributed by atoms with Gasteiger partial charge in [0.25, 0.3) is 0 Å². The molecule has 4 unspecified atom stereocenters. The first-order valence-corrected chi connectivity index (χ1v) is 31.5. The van der Waals surface area contributed by atoms with Crippen LogP contribution in [0.2, 0.25) is 0 Å². The van der Waals surface area contributed by atoms with E-state index in [0.29, 0.717) is 12.8 Å². The Morgan fingerprint density at radius 2 is 1.00 bits per heavy atom. The molecule has 0 saturated carbocycles. The Hall–Kier alpha value is -3.17. The summed E-state index contributed by atoms with van der Waals surface area (Å²) in [7, 11) is 17.6. The van der Waals surface area contributed by atoms with Crippen LogP contribution >= 0.6 is 17.0 Å². The van der Waals surface area contributed by atoms with E-state index < -0.39 is 27.9 Å². The molecule has 2 aliphatic rings. The third-order valence-electron chi connectivity index (χ3n) is 12.9. The van der Waals surface area contributed by atoms with Gasteiger partial charge in [0, 0.05) is 0 Å². The van der Waals surface area contributed by atoms with Crippen LogP contribution < -0.4 is 10.5 Å². The Morgan fingerprint density at radius 1 is 0.607 bits per heavy atom. The molecule has 4 aromatic carbocycles. The maximum atomic E-state index is 12.7. The normalized spacial score (nSPS) is 17.8. The number of hydrogen-bond donors (Lipinski definition) is 2. The second-order valence-corrected chi connectivity index (χ2v) is 37.6. The number of carbonyl (C=O) groups excluding carboxylic acids is 2. The van der Waals surface area contributed by atoms with Crippen molar-refractivity contribution in [3.8, 4) is 22.3 Å². The number of benzene rings is 4. The topological polar surface area (TPSA) is 58.2 Å². The van der Waals surface area contributed by atoms with E-state index in [-0.39, 0.29) is 11.8 Å². The minimum atomic E-state index is -5.96. The zero-order valence-corrected chi connectivity index (χ0v) is 38.0. The second-order valence-electron chi connectivity index (χ2n) is 16.1. The molecule has 4 nitrogen and oxygen atoms in total. The number of nitrogens with one attached hydrogen (secondary N) is 2. The average Bonchev–Trinajstić information content (AvgIpc) is 3.83. The summed E-state index contributed by atoms with van der Waals surface area (Å²) in [6, 6.07) is 30.6. The number of unbranched alkanes of at least 4 members (excludes halogenated alkanes) is 2. The standard InChI is InChI=1S/2C23H27.C2H3BN2O2.2ClH.Zr/c2*1-4-6-10-18-11-7-8-13-21(18)22-14-9-12-19-15-20(16-23(19)22)17(3)5-2;6-1-4-3-5-2-7;;;/h2*7-9,11-17H,4-6,10H2,1-3H3;1-2H,(H-,4,5,6,7);2*1H;/q;;;;;+1/p-1. The first-order chi connectivity index (χ1) is 27.1. The van der Waals surface area contributed by atoms with Crippen molar-refractivity contribution in [2.45, 2.75) is 100 Å². The van der Waals surface area contributed by atoms with Gasteiger partial charge in [-0.15, -0.1) is 0 Å². The summed E-state index contributed by atoms with van der Waals surface area (Å²) in [5, 5.41) is 6.09. The zero-order valence-electron chi connectivity index (χ0n) is 34.0. The fourth-order valence-electron chi connectivity index (χ4n) is 9.62. The van der Waals surface area contributed by atoms with Gasteiger partial charge in [-0.3, -0.25) is 0 Å². The number of hydrogen-bond acceptors (Lipinski definition) is 2. The van der Waals surface area contributed by atoms with Gasteiger partial charge >= 0.3 is 346 Å². The molecule has 0 bridgehead atoms. The first-order valence-electron chi connectivity index (χ1n) is 20.9. The van der Waals surface area contributed by atoms with Crippen molar-refractivity contribution in [2.75, 3.05) is 0 Å². The maximum absolute atomic E-state index is 12.7. The van der Waals surface area contributed by atoms with Crippen LogP contribution in [0.1, 0.15) is 121 Å². The fourth-order valence-corrected chi connectivity index (χ4v) is 30.3. The number of fused-ring (bicyclic) bond motifs is 2. The van der Waals surface area contributed by atoms with Crippen LogP contribution in [-0.4, -0.2) is 17.3 Å². The van der Waals surface area contributed by atoms with Crippen LogP contribution in [0.4, 0.5) is 0 Å². The van der Waals surface area contributed by atoms with E-state index >= 15 is 0 Å². The van der Waals surface area contributed by atoms with Gasteiger partial charge in [-0.05, 0) is 0 Å². The van der Waals surface area contributed by atoms with Gasteiger partial charge in [-0.1, -0.05) is 0 Å². The Bertz CT molecular complexity index is 1980. The Kier molecular flexibility index (Phi) is 13.8. The van der Waals surface area contributed by atoms with Crippen molar-refractivity contribution in [3.05, 3.63) is 129 Å². The molecule has 8 heteroatoms. The fraction of sp³-hybridized carbons (Fsp3) is 0.375. The molecule has 0 heterocycles. The van der Waals surface area contributed by atoms with Crippen LogP contribution in [-0.2, 0) is 38.6 Å². The summed E-state index contributed by atoms with van der Waals surface area (Å²) in [4.78, 5) is 25.4. The monoisotopic (exact) mass is 865 g/mol. The van der Waals surface area contributed by atoms with Crippen molar-refractivity contribution in [3.63, 3.8) is 0 Å². The molecule has 4 aromatic rings. The summed E-state index contributed by atoms with van der Waals surface area (Å²) >= 11 is -5.96. The summed E-state index contributed by atoms with van der Waals surface area (Å²) in [6.07, 6.45) is 14.3. The molecule has 0 fully saturated rings. The summed E-state index contributed by atoms with van der Waals surface area (Å²) < 4.78 is -1.76. The van der Waals surface area contributed by atoms with Crippen molar-refractivity contribution in [2.24, 2.45) is 11.8 Å². The van der Waals surface area contributed by atoms with E-state index in [4.69, 9.17) is 17.0 Å². The molecule has 0 saturated heterocycles. The Balaban J connectivity index is 1.68. The molecule has 0 radical (unpaired) electrons. The number of carbonyl (C=O) groups is 2. The molecular weight excluding hydrogens is 809 g/mol. The van der Waals surface area contributed by atoms with E-state index in [2.05, 4.69) is 149 Å². The van der Waals surface area contributed by atoms with Gasteiger partial charge in [0.2, 0.25) is 0 Å². The molecule has 56 heavy (non-hydrogen) atoms. The average molecular weight is 868 g/mol. The van der Waals surface area contributed by atoms with E-state index in [1.54, 1.807) is 0 Å². The third kappa shape index (κ3) is 7.60.